The van der Waals surface area contributed by atoms with Crippen LogP contribution >= 0.6 is 11.6 Å². The molecule has 0 radical (unpaired) electrons. The number of anilines is 1. The number of pyridine rings is 1. The molecule has 1 amide bonds. The second kappa shape index (κ2) is 11.2. The highest BCUT2D eigenvalue weighted by atomic mass is 35.5. The summed E-state index contributed by atoms with van der Waals surface area (Å²) < 4.78 is 11.8. The van der Waals surface area contributed by atoms with Crippen LogP contribution in [0, 0.1) is 11.3 Å². The first kappa shape index (κ1) is 26.4. The molecule has 0 saturated heterocycles. The van der Waals surface area contributed by atoms with Gasteiger partial charge in [0.25, 0.3) is 5.56 Å². The van der Waals surface area contributed by atoms with Crippen LogP contribution < -0.4 is 15.6 Å². The van der Waals surface area contributed by atoms with Gasteiger partial charge < -0.3 is 19.8 Å². The van der Waals surface area contributed by atoms with Gasteiger partial charge in [-0.15, -0.1) is 0 Å². The molecule has 0 fully saturated rings. The maximum absolute atomic E-state index is 13.3. The van der Waals surface area contributed by atoms with Crippen LogP contribution in [0.4, 0.5) is 5.69 Å². The fourth-order valence-corrected chi connectivity index (χ4v) is 4.27. The lowest BCUT2D eigenvalue weighted by Gasteiger charge is -2.20. The molecule has 1 atom stereocenters. The Kier molecular flexibility index (Phi) is 7.79. The Morgan fingerprint density at radius 3 is 2.66 bits per heavy atom. The predicted molar refractivity (Wildman–Crippen MR) is 142 cm³/mol. The molecular weight excluding hydrogens is 510 g/mol. The summed E-state index contributed by atoms with van der Waals surface area (Å²) in [7, 11) is 1.44. The van der Waals surface area contributed by atoms with Gasteiger partial charge in [0.2, 0.25) is 11.7 Å². The molecule has 11 heteroatoms. The van der Waals surface area contributed by atoms with Crippen molar-refractivity contribution in [2.24, 2.45) is 0 Å². The van der Waals surface area contributed by atoms with Crippen LogP contribution in [-0.4, -0.2) is 40.1 Å². The summed E-state index contributed by atoms with van der Waals surface area (Å²) >= 11 is 6.13. The lowest BCUT2D eigenvalue weighted by molar-refractivity contribution is -0.119. The number of ether oxygens (including phenoxy) is 2. The number of aromatic amines is 1. The third-order valence-corrected chi connectivity index (χ3v) is 6.13. The number of nitrogens with one attached hydrogen (secondary N) is 2. The van der Waals surface area contributed by atoms with Crippen LogP contribution in [0.3, 0.4) is 0 Å². The number of fused-ring (bicyclic) bond motifs is 1. The zero-order chi connectivity index (χ0) is 27.4. The van der Waals surface area contributed by atoms with Crippen LogP contribution in [0.1, 0.15) is 42.5 Å². The fourth-order valence-electron chi connectivity index (χ4n) is 4.10. The Hall–Kier alpha value is -4.62. The molecule has 10 nitrogen and oxygen atoms in total. The van der Waals surface area contributed by atoms with E-state index in [0.29, 0.717) is 50.6 Å². The molecule has 2 N–H and O–H groups in total. The van der Waals surface area contributed by atoms with Gasteiger partial charge in [-0.05, 0) is 49.7 Å². The number of halogens is 1. The van der Waals surface area contributed by atoms with Crippen molar-refractivity contribution in [3.05, 3.63) is 75.4 Å². The molecule has 0 saturated carbocycles. The van der Waals surface area contributed by atoms with Crippen molar-refractivity contribution in [2.75, 3.05) is 19.0 Å². The van der Waals surface area contributed by atoms with E-state index in [0.717, 1.165) is 0 Å². The second-order valence-electron chi connectivity index (χ2n) is 8.25. The zero-order valence-corrected chi connectivity index (χ0v) is 21.6. The third-order valence-electron chi connectivity index (χ3n) is 5.90. The Morgan fingerprint density at radius 1 is 1.18 bits per heavy atom. The summed E-state index contributed by atoms with van der Waals surface area (Å²) in [5, 5.41) is 12.7. The van der Waals surface area contributed by atoms with Gasteiger partial charge in [-0.3, -0.25) is 14.2 Å². The summed E-state index contributed by atoms with van der Waals surface area (Å²) in [6, 6.07) is 12.3. The van der Waals surface area contributed by atoms with Crippen molar-refractivity contribution in [1.82, 2.24) is 14.5 Å². The fraction of sp³-hybridized carbons (Fsp3) is 0.222. The van der Waals surface area contributed by atoms with Crippen LogP contribution in [0.15, 0.2) is 53.5 Å². The Morgan fingerprint density at radius 2 is 1.97 bits per heavy atom. The number of carbonyl (C=O) groups excluding carboxylic acids is 2. The van der Waals surface area contributed by atoms with E-state index in [-0.39, 0.29) is 12.4 Å². The molecule has 2 heterocycles. The van der Waals surface area contributed by atoms with Gasteiger partial charge in [0, 0.05) is 27.9 Å². The molecule has 4 aromatic rings. The molecule has 1 unspecified atom stereocenters. The number of carbonyl (C=O) groups is 2. The van der Waals surface area contributed by atoms with Crippen molar-refractivity contribution < 1.29 is 19.1 Å². The van der Waals surface area contributed by atoms with Gasteiger partial charge in [0.1, 0.15) is 11.8 Å². The average molecular weight is 534 g/mol. The molecule has 2 aromatic heterocycles. The number of nitrogens with zero attached hydrogens (tertiary/aromatic N) is 3. The number of H-pyrrole nitrogens is 1. The number of rotatable bonds is 8. The minimum atomic E-state index is -0.854. The van der Waals surface area contributed by atoms with Gasteiger partial charge in [0.15, 0.2) is 0 Å². The van der Waals surface area contributed by atoms with Gasteiger partial charge in [-0.1, -0.05) is 18.5 Å². The number of aromatic nitrogens is 3. The van der Waals surface area contributed by atoms with Crippen LogP contribution in [0.25, 0.3) is 22.2 Å². The average Bonchev–Trinajstić information content (AvgIpc) is 3.33. The molecule has 2 aromatic carbocycles. The highest BCUT2D eigenvalue weighted by Gasteiger charge is 2.23. The summed E-state index contributed by atoms with van der Waals surface area (Å²) in [5.74, 6) is -0.624. The summed E-state index contributed by atoms with van der Waals surface area (Å²) in [6.07, 6.45) is 1.77. The van der Waals surface area contributed by atoms with Crippen LogP contribution in [0.2, 0.25) is 5.02 Å². The minimum Gasteiger partial charge on any atom is -0.495 e. The number of imidazole rings is 1. The first-order valence-electron chi connectivity index (χ1n) is 11.8. The highest BCUT2D eigenvalue weighted by Crippen LogP contribution is 2.33. The molecular formula is C27H24ClN5O5. The topological polar surface area (TPSA) is 139 Å². The number of hydrogen-bond acceptors (Lipinski definition) is 7. The van der Waals surface area contributed by atoms with Crippen molar-refractivity contribution in [3.8, 4) is 22.9 Å². The summed E-state index contributed by atoms with van der Waals surface area (Å²) in [6.45, 7) is 3.71. The molecule has 38 heavy (non-hydrogen) atoms. The Labute approximate surface area is 222 Å². The maximum Gasteiger partial charge on any atom is 0.374 e. The van der Waals surface area contributed by atoms with Gasteiger partial charge in [-0.25, -0.2) is 9.78 Å². The number of esters is 1. The monoisotopic (exact) mass is 533 g/mol. The molecule has 0 aliphatic rings. The molecule has 0 aliphatic heterocycles. The van der Waals surface area contributed by atoms with E-state index < -0.39 is 23.5 Å². The second-order valence-corrected chi connectivity index (χ2v) is 8.69. The van der Waals surface area contributed by atoms with E-state index in [1.165, 1.54) is 23.9 Å². The molecule has 0 aliphatic carbocycles. The zero-order valence-electron chi connectivity index (χ0n) is 20.9. The standard InChI is InChI=1S/C27H24ClN5O5/c1-4-22(26(35)30-17-8-9-20-21(11-17)32-25(31-20)27(36)38-5-2)33-14-23(37-3)19(12-24(33)34)18-10-16(28)7-6-15(18)13-29/h6-12,14,22H,4-5H2,1-3H3,(H,30,35)(H,31,32). The largest absolute Gasteiger partial charge is 0.495 e. The number of hydrogen-bond donors (Lipinski definition) is 2. The first-order chi connectivity index (χ1) is 18.3. The van der Waals surface area contributed by atoms with Crippen LogP contribution in [0.5, 0.6) is 5.75 Å². The molecule has 194 valence electrons. The SMILES string of the molecule is CCOC(=O)c1nc2ccc(NC(=O)C(CC)n3cc(OC)c(-c4cc(Cl)ccc4C#N)cc3=O)cc2[nH]1. The van der Waals surface area contributed by atoms with Crippen molar-refractivity contribution in [1.29, 1.82) is 5.26 Å². The number of amides is 1. The first-order valence-corrected chi connectivity index (χ1v) is 12.1. The van der Waals surface area contributed by atoms with E-state index >= 15 is 0 Å². The predicted octanol–water partition coefficient (Wildman–Crippen LogP) is 4.69. The Bertz CT molecular complexity index is 1640. The number of benzene rings is 2. The highest BCUT2D eigenvalue weighted by molar-refractivity contribution is 6.31. The lowest BCUT2D eigenvalue weighted by atomic mass is 10.00. The Balaban J connectivity index is 1.65. The minimum absolute atomic E-state index is 0.0646. The molecule has 0 spiro atoms. The third kappa shape index (κ3) is 5.23. The van der Waals surface area contributed by atoms with Gasteiger partial charge in [-0.2, -0.15) is 5.26 Å². The normalized spacial score (nSPS) is 11.6. The van der Waals surface area contributed by atoms with Gasteiger partial charge >= 0.3 is 5.97 Å². The smallest absolute Gasteiger partial charge is 0.374 e. The van der Waals surface area contributed by atoms with E-state index in [2.05, 4.69) is 21.4 Å². The molecule has 4 rings (SSSR count). The maximum atomic E-state index is 13.3. The van der Waals surface area contributed by atoms with E-state index in [4.69, 9.17) is 21.1 Å². The quantitative estimate of drug-likeness (QED) is 0.313. The van der Waals surface area contributed by atoms with Crippen molar-refractivity contribution in [3.63, 3.8) is 0 Å². The number of nitriles is 1. The summed E-state index contributed by atoms with van der Waals surface area (Å²) in [4.78, 5) is 45.5. The molecule has 0 bridgehead atoms. The van der Waals surface area contributed by atoms with E-state index in [1.54, 1.807) is 50.2 Å². The van der Waals surface area contributed by atoms with E-state index in [9.17, 15) is 19.6 Å². The lowest BCUT2D eigenvalue weighted by Crippen LogP contribution is -2.32. The van der Waals surface area contributed by atoms with Crippen LogP contribution in [-0.2, 0) is 9.53 Å². The van der Waals surface area contributed by atoms with Crippen molar-refractivity contribution >= 4 is 40.2 Å². The van der Waals surface area contributed by atoms with Gasteiger partial charge in [0.05, 0.1) is 42.6 Å². The summed E-state index contributed by atoms with van der Waals surface area (Å²) in [5.41, 5.74) is 2.25. The van der Waals surface area contributed by atoms with Crippen molar-refractivity contribution in [2.45, 2.75) is 26.3 Å². The van der Waals surface area contributed by atoms with E-state index in [1.807, 2.05) is 0 Å². The number of methoxy groups -OCH3 is 1.